The molecule has 1 rings (SSSR count). The van der Waals surface area contributed by atoms with Gasteiger partial charge in [0.1, 0.15) is 6.61 Å². The second-order valence-electron chi connectivity index (χ2n) is 4.04. The zero-order valence-corrected chi connectivity index (χ0v) is 11.5. The molecule has 1 aliphatic rings. The van der Waals surface area contributed by atoms with Crippen molar-refractivity contribution in [3.05, 3.63) is 23.3 Å². The summed E-state index contributed by atoms with van der Waals surface area (Å²) in [6.45, 7) is 2.98. The van der Waals surface area contributed by atoms with E-state index in [1.54, 1.807) is 13.8 Å². The van der Waals surface area contributed by atoms with Crippen molar-refractivity contribution in [2.75, 3.05) is 20.3 Å². The largest absolute Gasteiger partial charge is 0.466 e. The molecule has 1 aliphatic heterocycles. The average molecular weight is 281 g/mol. The Morgan fingerprint density at radius 1 is 1.05 bits per heavy atom. The number of amides is 2. The minimum absolute atomic E-state index is 0.0237. The topological polar surface area (TPSA) is 90.0 Å². The molecule has 0 aromatic carbocycles. The molecule has 108 valence electrons. The fourth-order valence-electron chi connectivity index (χ4n) is 1.51. The Balaban J connectivity index is 2.41. The smallest absolute Gasteiger partial charge is 0.331 e. The van der Waals surface area contributed by atoms with Crippen LogP contribution < -0.4 is 0 Å². The normalized spacial score (nSPS) is 15.2. The summed E-state index contributed by atoms with van der Waals surface area (Å²) < 4.78 is 9.07. The summed E-state index contributed by atoms with van der Waals surface area (Å²) in [5.41, 5.74) is 0.791. The predicted octanol–water partition coefficient (Wildman–Crippen LogP) is -0.0360. The van der Waals surface area contributed by atoms with Gasteiger partial charge in [-0.05, 0) is 13.8 Å². The van der Waals surface area contributed by atoms with Crippen molar-refractivity contribution in [2.45, 2.75) is 13.8 Å². The number of ether oxygens (including phenoxy) is 2. The van der Waals surface area contributed by atoms with Crippen LogP contribution in [0.4, 0.5) is 0 Å². The molecule has 0 radical (unpaired) electrons. The molecule has 7 heteroatoms. The van der Waals surface area contributed by atoms with Gasteiger partial charge in [0, 0.05) is 23.3 Å². The molecule has 0 spiro atoms. The van der Waals surface area contributed by atoms with E-state index in [1.807, 2.05) is 0 Å². The molecule has 0 saturated heterocycles. The molecule has 0 unspecified atom stereocenters. The molecule has 0 fully saturated rings. The Hall–Kier alpha value is -2.44. The van der Waals surface area contributed by atoms with E-state index >= 15 is 0 Å². The van der Waals surface area contributed by atoms with E-state index in [9.17, 15) is 19.2 Å². The van der Waals surface area contributed by atoms with Crippen LogP contribution in [0.2, 0.25) is 0 Å². The second kappa shape index (κ2) is 6.65. The minimum Gasteiger partial charge on any atom is -0.466 e. The Labute approximate surface area is 115 Å². The van der Waals surface area contributed by atoms with Crippen molar-refractivity contribution in [2.24, 2.45) is 0 Å². The van der Waals surface area contributed by atoms with Crippen LogP contribution in [0.5, 0.6) is 0 Å². The van der Waals surface area contributed by atoms with Crippen molar-refractivity contribution in [1.82, 2.24) is 4.90 Å². The van der Waals surface area contributed by atoms with Crippen LogP contribution in [-0.2, 0) is 28.7 Å². The molecular weight excluding hydrogens is 266 g/mol. The standard InChI is InChI=1S/C13H15NO6/c1-8-9(2)13(18)14(12(8)17)6-7-20-11(16)5-4-10(15)19-3/h4-5H,6-7H2,1-3H3/b5-4+. The summed E-state index contributed by atoms with van der Waals surface area (Å²) >= 11 is 0. The van der Waals surface area contributed by atoms with E-state index in [1.165, 1.54) is 7.11 Å². The highest BCUT2D eigenvalue weighted by Gasteiger charge is 2.32. The van der Waals surface area contributed by atoms with Gasteiger partial charge in [-0.25, -0.2) is 9.59 Å². The van der Waals surface area contributed by atoms with E-state index in [2.05, 4.69) is 4.74 Å². The fourth-order valence-corrected chi connectivity index (χ4v) is 1.51. The zero-order valence-electron chi connectivity index (χ0n) is 11.5. The minimum atomic E-state index is -0.754. The van der Waals surface area contributed by atoms with Gasteiger partial charge in [0.25, 0.3) is 11.8 Å². The predicted molar refractivity (Wildman–Crippen MR) is 67.2 cm³/mol. The molecule has 7 nitrogen and oxygen atoms in total. The van der Waals surface area contributed by atoms with Gasteiger partial charge >= 0.3 is 11.9 Å². The molecule has 0 aromatic rings. The third kappa shape index (κ3) is 3.53. The van der Waals surface area contributed by atoms with E-state index in [0.29, 0.717) is 11.1 Å². The zero-order chi connectivity index (χ0) is 15.3. The lowest BCUT2D eigenvalue weighted by Crippen LogP contribution is -2.34. The van der Waals surface area contributed by atoms with Gasteiger partial charge in [-0.15, -0.1) is 0 Å². The molecular formula is C13H15NO6. The third-order valence-electron chi connectivity index (χ3n) is 2.81. The lowest BCUT2D eigenvalue weighted by Gasteiger charge is -2.14. The first-order valence-electron chi connectivity index (χ1n) is 5.85. The van der Waals surface area contributed by atoms with Gasteiger partial charge in [-0.2, -0.15) is 0 Å². The van der Waals surface area contributed by atoms with E-state index in [-0.39, 0.29) is 25.0 Å². The number of carbonyl (C=O) groups is 4. The Morgan fingerprint density at radius 3 is 2.05 bits per heavy atom. The highest BCUT2D eigenvalue weighted by Crippen LogP contribution is 2.18. The van der Waals surface area contributed by atoms with Gasteiger partial charge in [-0.1, -0.05) is 0 Å². The first-order valence-corrected chi connectivity index (χ1v) is 5.85. The van der Waals surface area contributed by atoms with E-state index < -0.39 is 11.9 Å². The number of imide groups is 1. The summed E-state index contributed by atoms with van der Waals surface area (Å²) in [4.78, 5) is 46.3. The van der Waals surface area contributed by atoms with Crippen LogP contribution in [0.15, 0.2) is 23.3 Å². The van der Waals surface area contributed by atoms with Crippen LogP contribution in [0.25, 0.3) is 0 Å². The quantitative estimate of drug-likeness (QED) is 0.399. The van der Waals surface area contributed by atoms with Crippen molar-refractivity contribution < 1.29 is 28.7 Å². The van der Waals surface area contributed by atoms with E-state index in [0.717, 1.165) is 17.1 Å². The summed E-state index contributed by atoms with van der Waals surface area (Å²) in [5, 5.41) is 0. The van der Waals surface area contributed by atoms with Gasteiger partial charge in [-0.3, -0.25) is 14.5 Å². The summed E-state index contributed by atoms with van der Waals surface area (Å²) in [6.07, 6.45) is 1.83. The maximum absolute atomic E-state index is 11.7. The van der Waals surface area contributed by atoms with Crippen LogP contribution in [-0.4, -0.2) is 48.9 Å². The molecule has 0 bridgehead atoms. The first kappa shape index (κ1) is 15.6. The lowest BCUT2D eigenvalue weighted by molar-refractivity contribution is -0.144. The van der Waals surface area contributed by atoms with E-state index in [4.69, 9.17) is 4.74 Å². The molecule has 0 aliphatic carbocycles. The number of hydrogen-bond acceptors (Lipinski definition) is 6. The number of nitrogens with zero attached hydrogens (tertiary/aromatic N) is 1. The number of esters is 2. The molecule has 2 amide bonds. The second-order valence-corrected chi connectivity index (χ2v) is 4.04. The van der Waals surface area contributed by atoms with Crippen molar-refractivity contribution in [3.8, 4) is 0 Å². The number of methoxy groups -OCH3 is 1. The number of carbonyl (C=O) groups excluding carboxylic acids is 4. The van der Waals surface area contributed by atoms with Crippen LogP contribution in [0, 0.1) is 0 Å². The average Bonchev–Trinajstić information content (AvgIpc) is 2.62. The van der Waals surface area contributed by atoms with Gasteiger partial charge in [0.05, 0.1) is 13.7 Å². The number of rotatable bonds is 5. The van der Waals surface area contributed by atoms with Crippen LogP contribution in [0.3, 0.4) is 0 Å². The van der Waals surface area contributed by atoms with Crippen molar-refractivity contribution in [3.63, 3.8) is 0 Å². The molecule has 0 N–H and O–H groups in total. The SMILES string of the molecule is COC(=O)/C=C/C(=O)OCCN1C(=O)C(C)=C(C)C1=O. The molecule has 1 heterocycles. The maximum atomic E-state index is 11.7. The highest BCUT2D eigenvalue weighted by atomic mass is 16.5. The monoisotopic (exact) mass is 281 g/mol. The lowest BCUT2D eigenvalue weighted by atomic mass is 10.2. The molecule has 0 aromatic heterocycles. The van der Waals surface area contributed by atoms with Gasteiger partial charge in [0.2, 0.25) is 0 Å². The Morgan fingerprint density at radius 2 is 1.55 bits per heavy atom. The van der Waals surface area contributed by atoms with Crippen LogP contribution >= 0.6 is 0 Å². The summed E-state index contributed by atoms with van der Waals surface area (Å²) in [6, 6.07) is 0. The summed E-state index contributed by atoms with van der Waals surface area (Å²) in [7, 11) is 1.18. The van der Waals surface area contributed by atoms with Gasteiger partial charge < -0.3 is 9.47 Å². The summed E-state index contributed by atoms with van der Waals surface area (Å²) in [5.74, 6) is -2.19. The maximum Gasteiger partial charge on any atom is 0.331 e. The number of hydrogen-bond donors (Lipinski definition) is 0. The van der Waals surface area contributed by atoms with Gasteiger partial charge in [0.15, 0.2) is 0 Å². The van der Waals surface area contributed by atoms with Crippen molar-refractivity contribution >= 4 is 23.8 Å². The van der Waals surface area contributed by atoms with Crippen molar-refractivity contribution in [1.29, 1.82) is 0 Å². The van der Waals surface area contributed by atoms with Crippen LogP contribution in [0.1, 0.15) is 13.8 Å². The fraction of sp³-hybridized carbons (Fsp3) is 0.385. The first-order chi connectivity index (χ1) is 9.38. The third-order valence-corrected chi connectivity index (χ3v) is 2.81. The molecule has 0 saturated carbocycles. The Kier molecular flexibility index (Phi) is 5.19. The Bertz CT molecular complexity index is 493. The molecule has 20 heavy (non-hydrogen) atoms. The molecule has 0 atom stereocenters. The highest BCUT2D eigenvalue weighted by molar-refractivity contribution is 6.18.